The summed E-state index contributed by atoms with van der Waals surface area (Å²) in [5, 5.41) is 0. The van der Waals surface area contributed by atoms with Crippen molar-refractivity contribution in [3.05, 3.63) is 77.6 Å². The molecule has 4 heteroatoms. The zero-order chi connectivity index (χ0) is 22.9. The summed E-state index contributed by atoms with van der Waals surface area (Å²) in [5.74, 6) is 7.00. The highest BCUT2D eigenvalue weighted by molar-refractivity contribution is 6.57. The van der Waals surface area contributed by atoms with Crippen LogP contribution in [0, 0.1) is 23.1 Å². The van der Waals surface area contributed by atoms with E-state index in [1.807, 2.05) is 30.3 Å². The van der Waals surface area contributed by atoms with Crippen LogP contribution in [0.15, 0.2) is 60.7 Å². The van der Waals surface area contributed by atoms with E-state index in [4.69, 9.17) is 4.74 Å². The minimum atomic E-state index is -0.780. The maximum absolute atomic E-state index is 13.3. The molecule has 0 spiro atoms. The minimum Gasteiger partial charge on any atom is -0.490 e. The number of hydrogen-bond donors (Lipinski definition) is 0. The van der Waals surface area contributed by atoms with E-state index in [-0.39, 0.29) is 17.0 Å². The predicted molar refractivity (Wildman–Crippen MR) is 131 cm³/mol. The normalized spacial score (nSPS) is 12.8. The molecule has 0 aliphatic carbocycles. The van der Waals surface area contributed by atoms with Crippen molar-refractivity contribution in [1.82, 2.24) is 4.90 Å². The molecule has 2 nitrogen and oxygen atoms in total. The molecule has 0 N–H and O–H groups in total. The van der Waals surface area contributed by atoms with E-state index in [2.05, 4.69) is 75.7 Å². The molecular weight excluding hydrogens is 401 g/mol. The zero-order valence-electron chi connectivity index (χ0n) is 19.7. The maximum Gasteiger partial charge on any atom is 0.123 e. The molecule has 165 valence electrons. The Bertz CT molecular complexity index is 903. The number of nitrogens with zero attached hydrogens (tertiary/aromatic N) is 1. The molecule has 0 fully saturated rings. The van der Waals surface area contributed by atoms with Gasteiger partial charge in [-0.2, -0.15) is 0 Å². The molecule has 0 bridgehead atoms. The molecule has 1 atom stereocenters. The van der Waals surface area contributed by atoms with Crippen molar-refractivity contribution >= 4 is 8.80 Å². The second-order valence-electron chi connectivity index (χ2n) is 9.02. The van der Waals surface area contributed by atoms with Crippen LogP contribution in [0.5, 0.6) is 5.75 Å². The summed E-state index contributed by atoms with van der Waals surface area (Å²) in [5.41, 5.74) is 2.25. The first-order valence-corrected chi connectivity index (χ1v) is 13.5. The molecule has 0 saturated carbocycles. The molecule has 2 aromatic carbocycles. The van der Waals surface area contributed by atoms with Crippen LogP contribution < -0.4 is 4.74 Å². The van der Waals surface area contributed by atoms with Crippen molar-refractivity contribution in [2.24, 2.45) is 5.41 Å². The number of rotatable bonds is 9. The van der Waals surface area contributed by atoms with Crippen LogP contribution in [0.4, 0.5) is 4.39 Å². The summed E-state index contributed by atoms with van der Waals surface area (Å²) >= 11 is 0. The highest BCUT2D eigenvalue weighted by Crippen LogP contribution is 2.26. The van der Waals surface area contributed by atoms with Crippen molar-refractivity contribution in [1.29, 1.82) is 0 Å². The van der Waals surface area contributed by atoms with Gasteiger partial charge in [0.25, 0.3) is 0 Å². The van der Waals surface area contributed by atoms with Gasteiger partial charge in [-0.05, 0) is 68.8 Å². The Morgan fingerprint density at radius 3 is 2.45 bits per heavy atom. The summed E-state index contributed by atoms with van der Waals surface area (Å²) in [4.78, 5) is 2.36. The third-order valence-corrected chi connectivity index (χ3v) is 6.21. The van der Waals surface area contributed by atoms with E-state index >= 15 is 0 Å². The molecule has 0 amide bonds. The fourth-order valence-electron chi connectivity index (χ4n) is 3.09. The van der Waals surface area contributed by atoms with Gasteiger partial charge in [-0.15, -0.1) is 0 Å². The van der Waals surface area contributed by atoms with E-state index in [1.54, 1.807) is 0 Å². The maximum atomic E-state index is 13.3. The van der Waals surface area contributed by atoms with Crippen molar-refractivity contribution in [3.63, 3.8) is 0 Å². The van der Waals surface area contributed by atoms with Crippen LogP contribution in [0.3, 0.4) is 0 Å². The topological polar surface area (TPSA) is 12.5 Å². The average molecular weight is 437 g/mol. The number of likely N-dealkylation sites (N-methyl/N-ethyl adjacent to an activating group) is 1. The number of ether oxygens (including phenoxy) is 1. The molecule has 0 aliphatic rings. The van der Waals surface area contributed by atoms with Crippen LogP contribution in [0.2, 0.25) is 13.1 Å². The SMILES string of the molecule is CCN(CC=CC#CC(C)(C)C)Cc1cccc(OC(c2ccc(F)cc2)[Si](C)C)c1. The second kappa shape index (κ2) is 11.9. The number of allylic oxidation sites excluding steroid dienone is 1. The average Bonchev–Trinajstić information content (AvgIpc) is 2.71. The smallest absolute Gasteiger partial charge is 0.123 e. The Labute approximate surface area is 189 Å². The Kier molecular flexibility index (Phi) is 9.55. The first-order valence-electron chi connectivity index (χ1n) is 10.9. The lowest BCUT2D eigenvalue weighted by Gasteiger charge is -2.23. The molecule has 31 heavy (non-hydrogen) atoms. The highest BCUT2D eigenvalue weighted by Gasteiger charge is 2.19. The molecule has 0 saturated heterocycles. The monoisotopic (exact) mass is 436 g/mol. The van der Waals surface area contributed by atoms with Crippen molar-refractivity contribution < 1.29 is 9.13 Å². The number of halogens is 1. The molecule has 0 aromatic heterocycles. The fourth-order valence-corrected chi connectivity index (χ4v) is 4.32. The van der Waals surface area contributed by atoms with Gasteiger partial charge in [0.05, 0.1) is 0 Å². The van der Waals surface area contributed by atoms with Gasteiger partial charge in [0.15, 0.2) is 0 Å². The molecule has 1 radical (unpaired) electrons. The fraction of sp³-hybridized carbons (Fsp3) is 0.407. The Hall–Kier alpha value is -2.35. The third-order valence-electron chi connectivity index (χ3n) is 4.71. The van der Waals surface area contributed by atoms with Crippen molar-refractivity contribution in [2.75, 3.05) is 13.1 Å². The van der Waals surface area contributed by atoms with E-state index in [1.165, 1.54) is 17.7 Å². The Morgan fingerprint density at radius 1 is 1.13 bits per heavy atom. The predicted octanol–water partition coefficient (Wildman–Crippen LogP) is 6.67. The van der Waals surface area contributed by atoms with Gasteiger partial charge in [0.2, 0.25) is 0 Å². The van der Waals surface area contributed by atoms with E-state index in [0.717, 1.165) is 30.9 Å². The molecular formula is C27H35FNOSi. The summed E-state index contributed by atoms with van der Waals surface area (Å²) in [6, 6.07) is 15.0. The summed E-state index contributed by atoms with van der Waals surface area (Å²) in [6.45, 7) is 15.6. The Morgan fingerprint density at radius 2 is 1.84 bits per heavy atom. The van der Waals surface area contributed by atoms with Crippen LogP contribution >= 0.6 is 0 Å². The minimum absolute atomic E-state index is 0.0209. The quantitative estimate of drug-likeness (QED) is 0.322. The van der Waals surface area contributed by atoms with Gasteiger partial charge in [0.1, 0.15) is 26.1 Å². The van der Waals surface area contributed by atoms with Crippen molar-refractivity contribution in [3.8, 4) is 17.6 Å². The van der Waals surface area contributed by atoms with Gasteiger partial charge in [-0.3, -0.25) is 4.90 Å². The summed E-state index contributed by atoms with van der Waals surface area (Å²) in [6.07, 6.45) is 4.07. The molecule has 2 aromatic rings. The van der Waals surface area contributed by atoms with Crippen LogP contribution in [0.25, 0.3) is 0 Å². The van der Waals surface area contributed by atoms with Gasteiger partial charge < -0.3 is 4.74 Å². The second-order valence-corrected chi connectivity index (χ2v) is 11.7. The molecule has 1 unspecified atom stereocenters. The van der Waals surface area contributed by atoms with Crippen LogP contribution in [-0.2, 0) is 6.54 Å². The van der Waals surface area contributed by atoms with Crippen LogP contribution in [-0.4, -0.2) is 26.8 Å². The van der Waals surface area contributed by atoms with Gasteiger partial charge in [-0.1, -0.05) is 62.2 Å². The Balaban J connectivity index is 2.04. The lowest BCUT2D eigenvalue weighted by Crippen LogP contribution is -2.23. The standard InChI is InChI=1S/C27H35FNOSi/c1-7-29(19-10-8-9-18-27(2,3)4)21-22-12-11-13-25(20-22)30-26(31(5)6)23-14-16-24(28)17-15-23/h8,10-17,20,26H,7,19,21H2,1-6H3. The van der Waals surface area contributed by atoms with Crippen LogP contribution in [0.1, 0.15) is 44.5 Å². The van der Waals surface area contributed by atoms with Gasteiger partial charge in [-0.25, -0.2) is 4.39 Å². The van der Waals surface area contributed by atoms with Gasteiger partial charge in [0, 0.05) is 18.5 Å². The molecule has 0 heterocycles. The molecule has 0 aliphatic heterocycles. The summed E-state index contributed by atoms with van der Waals surface area (Å²) in [7, 11) is -0.780. The number of hydrogen-bond acceptors (Lipinski definition) is 2. The van der Waals surface area contributed by atoms with E-state index in [0.29, 0.717) is 0 Å². The third kappa shape index (κ3) is 9.12. The van der Waals surface area contributed by atoms with E-state index < -0.39 is 8.80 Å². The largest absolute Gasteiger partial charge is 0.490 e. The first kappa shape index (κ1) is 24.9. The lowest BCUT2D eigenvalue weighted by atomic mass is 9.98. The lowest BCUT2D eigenvalue weighted by molar-refractivity contribution is 0.278. The molecule has 2 rings (SSSR count). The van der Waals surface area contributed by atoms with Gasteiger partial charge >= 0.3 is 0 Å². The highest BCUT2D eigenvalue weighted by atomic mass is 28.3. The van der Waals surface area contributed by atoms with E-state index in [9.17, 15) is 4.39 Å². The summed E-state index contributed by atoms with van der Waals surface area (Å²) < 4.78 is 19.7. The zero-order valence-corrected chi connectivity index (χ0v) is 20.7. The number of benzene rings is 2. The van der Waals surface area contributed by atoms with Crippen molar-refractivity contribution in [2.45, 2.75) is 53.1 Å². The first-order chi connectivity index (χ1) is 14.7.